The van der Waals surface area contributed by atoms with Gasteiger partial charge in [-0.05, 0) is 50.2 Å². The van der Waals surface area contributed by atoms with Gasteiger partial charge in [-0.25, -0.2) is 16.8 Å². The molecule has 1 heterocycles. The first-order chi connectivity index (χ1) is 14.1. The van der Waals surface area contributed by atoms with Crippen molar-refractivity contribution >= 4 is 49.5 Å². The molecule has 8 nitrogen and oxygen atoms in total. The predicted octanol–water partition coefficient (Wildman–Crippen LogP) is 2.41. The van der Waals surface area contributed by atoms with Crippen molar-refractivity contribution in [1.82, 2.24) is 5.32 Å². The summed E-state index contributed by atoms with van der Waals surface area (Å²) in [5.74, 6) is 0. The van der Waals surface area contributed by atoms with Gasteiger partial charge in [-0.3, -0.25) is 9.03 Å². The lowest BCUT2D eigenvalue weighted by molar-refractivity contribution is 0.598. The van der Waals surface area contributed by atoms with Crippen LogP contribution in [-0.4, -0.2) is 56.3 Å². The highest BCUT2D eigenvalue weighted by atomic mass is 35.5. The average molecular weight is 489 g/mol. The van der Waals surface area contributed by atoms with E-state index in [1.165, 1.54) is 19.2 Å². The number of benzene rings is 2. The summed E-state index contributed by atoms with van der Waals surface area (Å²) in [6.45, 7) is 5.26. The molecule has 0 unspecified atom stereocenters. The highest BCUT2D eigenvalue weighted by Crippen LogP contribution is 2.33. The molecule has 2 aromatic carbocycles. The molecule has 172 valence electrons. The number of nitrogens with one attached hydrogen (secondary N) is 2. The Hall–Kier alpha value is -2.01. The third-order valence-corrected chi connectivity index (χ3v) is 7.67. The first-order valence-electron chi connectivity index (χ1n) is 9.71. The smallest absolute Gasteiger partial charge is 0.261 e. The molecule has 3 rings (SSSR count). The molecule has 0 amide bonds. The van der Waals surface area contributed by atoms with Crippen molar-refractivity contribution in [3.8, 4) is 0 Å². The molecule has 1 saturated heterocycles. The first-order valence-corrected chi connectivity index (χ1v) is 13.0. The maximum absolute atomic E-state index is 12.9. The number of halogens is 1. The summed E-state index contributed by atoms with van der Waals surface area (Å²) in [5.41, 5.74) is 2.29. The number of anilines is 3. The number of sulfonamides is 2. The summed E-state index contributed by atoms with van der Waals surface area (Å²) in [4.78, 5) is 2.28. The molecule has 0 saturated carbocycles. The summed E-state index contributed by atoms with van der Waals surface area (Å²) in [7, 11) is -6.04. The van der Waals surface area contributed by atoms with Gasteiger partial charge in [0.2, 0.25) is 10.0 Å². The van der Waals surface area contributed by atoms with E-state index in [0.717, 1.165) is 54.4 Å². The number of nitrogens with zero attached hydrogens (tertiary/aromatic N) is 2. The average Bonchev–Trinajstić information content (AvgIpc) is 2.96. The quantitative estimate of drug-likeness (QED) is 0.647. The predicted molar refractivity (Wildman–Crippen MR) is 129 cm³/mol. The van der Waals surface area contributed by atoms with Gasteiger partial charge in [-0.15, -0.1) is 12.4 Å². The SMILES string of the molecule is Cc1ccc(S(=O)(=O)Nc2ccc(N3CCCNCC3)cc2N(C)S(C)(=O)=O)cc1.Cl. The second-order valence-electron chi connectivity index (χ2n) is 7.44. The zero-order chi connectivity index (χ0) is 21.9. The maximum atomic E-state index is 12.9. The summed E-state index contributed by atoms with van der Waals surface area (Å²) >= 11 is 0. The monoisotopic (exact) mass is 488 g/mol. The van der Waals surface area contributed by atoms with Crippen molar-refractivity contribution in [1.29, 1.82) is 0 Å². The third kappa shape index (κ3) is 6.25. The largest absolute Gasteiger partial charge is 0.370 e. The summed E-state index contributed by atoms with van der Waals surface area (Å²) in [6.07, 6.45) is 2.06. The van der Waals surface area contributed by atoms with Crippen molar-refractivity contribution in [3.05, 3.63) is 48.0 Å². The summed E-state index contributed by atoms with van der Waals surface area (Å²) in [5, 5.41) is 3.33. The molecule has 0 aromatic heterocycles. The number of hydrogen-bond donors (Lipinski definition) is 2. The van der Waals surface area contributed by atoms with Gasteiger partial charge in [-0.2, -0.15) is 0 Å². The second kappa shape index (κ2) is 10.1. The highest BCUT2D eigenvalue weighted by Gasteiger charge is 2.22. The van der Waals surface area contributed by atoms with Crippen molar-refractivity contribution in [2.24, 2.45) is 0 Å². The van der Waals surface area contributed by atoms with Gasteiger partial charge >= 0.3 is 0 Å². The van der Waals surface area contributed by atoms with Gasteiger partial charge < -0.3 is 10.2 Å². The highest BCUT2D eigenvalue weighted by molar-refractivity contribution is 7.93. The minimum atomic E-state index is -3.87. The van der Waals surface area contributed by atoms with Gasteiger partial charge in [0, 0.05) is 32.4 Å². The Morgan fingerprint density at radius 2 is 1.68 bits per heavy atom. The Morgan fingerprint density at radius 1 is 1.00 bits per heavy atom. The third-order valence-electron chi connectivity index (χ3n) is 5.10. The number of rotatable bonds is 6. The van der Waals surface area contributed by atoms with Crippen LogP contribution < -0.4 is 19.2 Å². The maximum Gasteiger partial charge on any atom is 0.261 e. The Morgan fingerprint density at radius 3 is 2.32 bits per heavy atom. The van der Waals surface area contributed by atoms with E-state index in [9.17, 15) is 16.8 Å². The first kappa shape index (κ1) is 25.3. The molecular formula is C20H29ClN4O4S2. The molecule has 1 fully saturated rings. The normalized spacial score (nSPS) is 15.0. The van der Waals surface area contributed by atoms with Crippen LogP contribution >= 0.6 is 12.4 Å². The molecule has 1 aliphatic heterocycles. The van der Waals surface area contributed by atoms with Gasteiger partial charge in [0.15, 0.2) is 0 Å². The Bertz CT molecular complexity index is 1100. The van der Waals surface area contributed by atoms with E-state index in [1.807, 2.05) is 13.0 Å². The van der Waals surface area contributed by atoms with E-state index in [0.29, 0.717) is 0 Å². The lowest BCUT2D eigenvalue weighted by Crippen LogP contribution is -2.29. The molecular weight excluding hydrogens is 460 g/mol. The van der Waals surface area contributed by atoms with Crippen molar-refractivity contribution < 1.29 is 16.8 Å². The zero-order valence-corrected chi connectivity index (χ0v) is 20.3. The fourth-order valence-electron chi connectivity index (χ4n) is 3.27. The second-order valence-corrected chi connectivity index (χ2v) is 11.1. The molecule has 0 atom stereocenters. The van der Waals surface area contributed by atoms with E-state index in [2.05, 4.69) is 14.9 Å². The van der Waals surface area contributed by atoms with Crippen molar-refractivity contribution in [2.75, 3.05) is 53.4 Å². The molecule has 0 bridgehead atoms. The van der Waals surface area contributed by atoms with Crippen LogP contribution in [0.25, 0.3) is 0 Å². The van der Waals surface area contributed by atoms with Gasteiger partial charge in [0.25, 0.3) is 10.0 Å². The standard InChI is InChI=1S/C20H28N4O4S2.ClH/c1-16-5-8-18(9-6-16)30(27,28)22-19-10-7-17(24-13-4-11-21-12-14-24)15-20(19)23(2)29(3,25)26;/h5-10,15,21-22H,4,11-14H2,1-3H3;1H. The van der Waals surface area contributed by atoms with Gasteiger partial charge in [0.05, 0.1) is 22.5 Å². The summed E-state index contributed by atoms with van der Waals surface area (Å²) < 4.78 is 53.8. The molecule has 0 aliphatic carbocycles. The molecule has 1 aliphatic rings. The topological polar surface area (TPSA) is 98.8 Å². The molecule has 0 radical (unpaired) electrons. The van der Waals surface area contributed by atoms with Crippen LogP contribution in [0.3, 0.4) is 0 Å². The number of hydrogen-bond acceptors (Lipinski definition) is 6. The van der Waals surface area contributed by atoms with E-state index >= 15 is 0 Å². The van der Waals surface area contributed by atoms with Crippen molar-refractivity contribution in [3.63, 3.8) is 0 Å². The Kier molecular flexibility index (Phi) is 8.21. The molecule has 0 spiro atoms. The van der Waals surface area contributed by atoms with E-state index < -0.39 is 20.0 Å². The lowest BCUT2D eigenvalue weighted by Gasteiger charge is -2.26. The fourth-order valence-corrected chi connectivity index (χ4v) is 4.85. The van der Waals surface area contributed by atoms with Gasteiger partial charge in [-0.1, -0.05) is 17.7 Å². The fraction of sp³-hybridized carbons (Fsp3) is 0.400. The van der Waals surface area contributed by atoms with Crippen LogP contribution in [0, 0.1) is 6.92 Å². The van der Waals surface area contributed by atoms with E-state index in [1.54, 1.807) is 24.3 Å². The minimum absolute atomic E-state index is 0. The van der Waals surface area contributed by atoms with Gasteiger partial charge in [0.1, 0.15) is 0 Å². The summed E-state index contributed by atoms with van der Waals surface area (Å²) in [6, 6.07) is 11.6. The van der Waals surface area contributed by atoms with Crippen LogP contribution in [0.4, 0.5) is 17.1 Å². The van der Waals surface area contributed by atoms with Crippen molar-refractivity contribution in [2.45, 2.75) is 18.2 Å². The van der Waals surface area contributed by atoms with Crippen LogP contribution in [0.15, 0.2) is 47.4 Å². The molecule has 31 heavy (non-hydrogen) atoms. The van der Waals surface area contributed by atoms with E-state index in [4.69, 9.17) is 0 Å². The van der Waals surface area contributed by atoms with Crippen LogP contribution in [0.1, 0.15) is 12.0 Å². The molecule has 2 N–H and O–H groups in total. The van der Waals surface area contributed by atoms with Crippen LogP contribution in [-0.2, 0) is 20.0 Å². The Balaban J connectivity index is 0.00000341. The zero-order valence-electron chi connectivity index (χ0n) is 17.8. The van der Waals surface area contributed by atoms with Crippen LogP contribution in [0.2, 0.25) is 0 Å². The molecule has 11 heteroatoms. The van der Waals surface area contributed by atoms with E-state index in [-0.39, 0.29) is 28.7 Å². The lowest BCUT2D eigenvalue weighted by atomic mass is 10.2. The Labute approximate surface area is 191 Å². The van der Waals surface area contributed by atoms with Crippen LogP contribution in [0.5, 0.6) is 0 Å². The molecule has 2 aromatic rings. The number of aryl methyl sites for hydroxylation is 1. The minimum Gasteiger partial charge on any atom is -0.370 e.